The molecule has 1 heterocycles. The number of carbonyl (C=O) groups excluding carboxylic acids is 2. The average Bonchev–Trinajstić information content (AvgIpc) is 3.24. The van der Waals surface area contributed by atoms with Crippen molar-refractivity contribution in [3.05, 3.63) is 90.0 Å². The van der Waals surface area contributed by atoms with Gasteiger partial charge in [0.25, 0.3) is 0 Å². The molecule has 0 bridgehead atoms. The molecule has 0 N–H and O–H groups in total. The number of halogens is 2. The first-order chi connectivity index (χ1) is 17.2. The Kier molecular flexibility index (Phi) is 7.31. The molecule has 0 amide bonds. The maximum Gasteiger partial charge on any atom is 0.338 e. The first kappa shape index (κ1) is 25.3. The SMILES string of the molecule is C=C(C)C(=O)OCCCc1ccc(-c2ccc3c(sc4c(F)c(OC(=O)C(=C)C)ccc43)c2F)cc1. The van der Waals surface area contributed by atoms with Gasteiger partial charge in [0.05, 0.1) is 16.0 Å². The van der Waals surface area contributed by atoms with Crippen LogP contribution in [0.2, 0.25) is 0 Å². The summed E-state index contributed by atoms with van der Waals surface area (Å²) >= 11 is 0.983. The molecule has 3 aromatic carbocycles. The van der Waals surface area contributed by atoms with Crippen molar-refractivity contribution in [2.24, 2.45) is 0 Å². The van der Waals surface area contributed by atoms with E-state index in [-0.39, 0.29) is 16.0 Å². The van der Waals surface area contributed by atoms with E-state index in [4.69, 9.17) is 9.47 Å². The fourth-order valence-corrected chi connectivity index (χ4v) is 4.89. The Labute approximate surface area is 211 Å². The zero-order valence-corrected chi connectivity index (χ0v) is 20.8. The normalized spacial score (nSPS) is 11.0. The molecule has 0 saturated heterocycles. The van der Waals surface area contributed by atoms with Crippen LogP contribution in [-0.4, -0.2) is 18.5 Å². The first-order valence-electron chi connectivity index (χ1n) is 11.3. The molecule has 36 heavy (non-hydrogen) atoms. The van der Waals surface area contributed by atoms with Crippen LogP contribution in [-0.2, 0) is 20.7 Å². The summed E-state index contributed by atoms with van der Waals surface area (Å²) in [6.45, 7) is 10.4. The van der Waals surface area contributed by atoms with Gasteiger partial charge in [-0.15, -0.1) is 11.3 Å². The van der Waals surface area contributed by atoms with Gasteiger partial charge in [-0.05, 0) is 49.9 Å². The molecule has 0 radical (unpaired) electrons. The number of benzene rings is 3. The molecule has 0 spiro atoms. The van der Waals surface area contributed by atoms with Gasteiger partial charge in [0.2, 0.25) is 0 Å². The van der Waals surface area contributed by atoms with Crippen LogP contribution in [0.5, 0.6) is 5.75 Å². The van der Waals surface area contributed by atoms with Crippen LogP contribution < -0.4 is 4.74 Å². The van der Waals surface area contributed by atoms with Gasteiger partial charge in [-0.2, -0.15) is 0 Å². The van der Waals surface area contributed by atoms with E-state index >= 15 is 8.78 Å². The summed E-state index contributed by atoms with van der Waals surface area (Å²) in [5.74, 6) is -2.48. The second-order valence-corrected chi connectivity index (χ2v) is 9.57. The van der Waals surface area contributed by atoms with E-state index in [1.54, 1.807) is 25.1 Å². The number of carbonyl (C=O) groups is 2. The molecule has 4 nitrogen and oxygen atoms in total. The molecule has 0 aliphatic rings. The van der Waals surface area contributed by atoms with Crippen molar-refractivity contribution in [3.63, 3.8) is 0 Å². The largest absolute Gasteiger partial charge is 0.462 e. The predicted molar refractivity (Wildman–Crippen MR) is 139 cm³/mol. The van der Waals surface area contributed by atoms with Gasteiger partial charge in [-0.3, -0.25) is 0 Å². The Morgan fingerprint density at radius 1 is 0.833 bits per heavy atom. The second-order valence-electron chi connectivity index (χ2n) is 8.55. The Bertz CT molecular complexity index is 1520. The van der Waals surface area contributed by atoms with Crippen LogP contribution in [0, 0.1) is 11.6 Å². The number of ether oxygens (including phenoxy) is 2. The Morgan fingerprint density at radius 2 is 1.44 bits per heavy atom. The van der Waals surface area contributed by atoms with E-state index in [0.717, 1.165) is 16.9 Å². The molecule has 0 aliphatic carbocycles. The van der Waals surface area contributed by atoms with Gasteiger partial charge in [-0.1, -0.05) is 49.6 Å². The first-order valence-corrected chi connectivity index (χ1v) is 12.1. The van der Waals surface area contributed by atoms with Crippen LogP contribution in [0.4, 0.5) is 8.78 Å². The van der Waals surface area contributed by atoms with Crippen LogP contribution in [0.1, 0.15) is 25.8 Å². The van der Waals surface area contributed by atoms with Crippen LogP contribution >= 0.6 is 11.3 Å². The highest BCUT2D eigenvalue weighted by atomic mass is 32.1. The maximum absolute atomic E-state index is 15.6. The van der Waals surface area contributed by atoms with Gasteiger partial charge >= 0.3 is 11.9 Å². The molecule has 0 saturated carbocycles. The van der Waals surface area contributed by atoms with Gasteiger partial charge in [0.15, 0.2) is 11.6 Å². The molecule has 4 aromatic rings. The molecule has 0 unspecified atom stereocenters. The van der Waals surface area contributed by atoms with Crippen molar-refractivity contribution < 1.29 is 27.8 Å². The van der Waals surface area contributed by atoms with E-state index in [1.165, 1.54) is 13.0 Å². The highest BCUT2D eigenvalue weighted by Crippen LogP contribution is 2.42. The summed E-state index contributed by atoms with van der Waals surface area (Å²) in [7, 11) is 0. The van der Waals surface area contributed by atoms with Gasteiger partial charge in [-0.25, -0.2) is 18.4 Å². The van der Waals surface area contributed by atoms with Gasteiger partial charge in [0.1, 0.15) is 5.82 Å². The lowest BCUT2D eigenvalue weighted by Crippen LogP contribution is -2.09. The lowest BCUT2D eigenvalue weighted by molar-refractivity contribution is -0.139. The third kappa shape index (κ3) is 5.06. The topological polar surface area (TPSA) is 52.6 Å². The smallest absolute Gasteiger partial charge is 0.338 e. The van der Waals surface area contributed by atoms with Crippen LogP contribution in [0.15, 0.2) is 72.8 Å². The molecule has 1 aromatic heterocycles. The Hall–Kier alpha value is -3.84. The van der Waals surface area contributed by atoms with Crippen molar-refractivity contribution in [1.82, 2.24) is 0 Å². The standard InChI is InChI=1S/C29H24F2O4S/c1-16(2)28(32)34-15-5-6-18-7-9-19(10-8-18)20-11-12-21-22-13-14-23(35-29(33)17(3)4)25(31)27(22)36-26(21)24(20)30/h7-14H,1,3,5-6,15H2,2,4H3. The molecule has 4 rings (SSSR count). The number of hydrogen-bond acceptors (Lipinski definition) is 5. The summed E-state index contributed by atoms with van der Waals surface area (Å²) in [5.41, 5.74) is 2.66. The third-order valence-corrected chi connectivity index (χ3v) is 6.87. The second kappa shape index (κ2) is 10.4. The van der Waals surface area contributed by atoms with Gasteiger partial charge in [0, 0.05) is 27.5 Å². The molecular weight excluding hydrogens is 482 g/mol. The zero-order valence-electron chi connectivity index (χ0n) is 20.0. The highest BCUT2D eigenvalue weighted by molar-refractivity contribution is 7.26. The molecule has 184 valence electrons. The lowest BCUT2D eigenvalue weighted by atomic mass is 10.0. The maximum atomic E-state index is 15.6. The summed E-state index contributed by atoms with van der Waals surface area (Å²) in [6, 6.07) is 13.9. The van der Waals surface area contributed by atoms with E-state index in [2.05, 4.69) is 13.2 Å². The fourth-order valence-electron chi connectivity index (χ4n) is 3.72. The minimum absolute atomic E-state index is 0.152. The van der Waals surface area contributed by atoms with Crippen molar-refractivity contribution in [2.75, 3.05) is 6.61 Å². The number of fused-ring (bicyclic) bond motifs is 3. The van der Waals surface area contributed by atoms with Crippen molar-refractivity contribution in [1.29, 1.82) is 0 Å². The van der Waals surface area contributed by atoms with Crippen LogP contribution in [0.3, 0.4) is 0 Å². The number of aryl methyl sites for hydroxylation is 1. The third-order valence-electron chi connectivity index (χ3n) is 5.66. The average molecular weight is 507 g/mol. The molecule has 0 aliphatic heterocycles. The molecule has 0 atom stereocenters. The number of hydrogen-bond donors (Lipinski definition) is 0. The molecule has 0 fully saturated rings. The van der Waals surface area contributed by atoms with Crippen molar-refractivity contribution in [3.8, 4) is 16.9 Å². The van der Waals surface area contributed by atoms with Crippen LogP contribution in [0.25, 0.3) is 31.3 Å². The minimum Gasteiger partial charge on any atom is -0.462 e. The summed E-state index contributed by atoms with van der Waals surface area (Å²) in [6.07, 6.45) is 1.37. The van der Waals surface area contributed by atoms with E-state index in [0.29, 0.717) is 51.6 Å². The lowest BCUT2D eigenvalue weighted by Gasteiger charge is -2.07. The number of rotatable bonds is 8. The minimum atomic E-state index is -0.723. The quantitative estimate of drug-likeness (QED) is 0.107. The Morgan fingerprint density at radius 3 is 2.08 bits per heavy atom. The predicted octanol–water partition coefficient (Wildman–Crippen LogP) is 7.53. The fraction of sp³-hybridized carbons (Fsp3) is 0.172. The summed E-state index contributed by atoms with van der Waals surface area (Å²) < 4.78 is 41.4. The summed E-state index contributed by atoms with van der Waals surface area (Å²) in [4.78, 5) is 23.2. The van der Waals surface area contributed by atoms with E-state index in [9.17, 15) is 9.59 Å². The van der Waals surface area contributed by atoms with Crippen molar-refractivity contribution in [2.45, 2.75) is 26.7 Å². The highest BCUT2D eigenvalue weighted by Gasteiger charge is 2.20. The summed E-state index contributed by atoms with van der Waals surface area (Å²) in [5, 5.41) is 1.14. The van der Waals surface area contributed by atoms with Gasteiger partial charge < -0.3 is 9.47 Å². The van der Waals surface area contributed by atoms with E-state index in [1.807, 2.05) is 24.3 Å². The van der Waals surface area contributed by atoms with E-state index < -0.39 is 23.6 Å². The number of esters is 2. The van der Waals surface area contributed by atoms with Crippen molar-refractivity contribution >= 4 is 43.4 Å². The monoisotopic (exact) mass is 506 g/mol. The Balaban J connectivity index is 1.57. The zero-order chi connectivity index (χ0) is 26.0. The molecule has 7 heteroatoms. The molecular formula is C29H24F2O4S. The number of thiophene rings is 1.